The van der Waals surface area contributed by atoms with Gasteiger partial charge in [0.2, 0.25) is 5.82 Å². The van der Waals surface area contributed by atoms with Crippen LogP contribution in [0.4, 0.5) is 16.3 Å². The average Bonchev–Trinajstić information content (AvgIpc) is 2.63. The van der Waals surface area contributed by atoms with E-state index in [0.717, 1.165) is 0 Å². The van der Waals surface area contributed by atoms with Gasteiger partial charge in [-0.1, -0.05) is 0 Å². The Morgan fingerprint density at radius 3 is 2.70 bits per heavy atom. The fourth-order valence-corrected chi connectivity index (χ4v) is 1.40. The van der Waals surface area contributed by atoms with E-state index in [1.165, 1.54) is 10.9 Å². The Kier molecular flexibility index (Phi) is 4.89. The second kappa shape index (κ2) is 6.22. The zero-order valence-corrected chi connectivity index (χ0v) is 12.0. The van der Waals surface area contributed by atoms with Crippen LogP contribution in [0.2, 0.25) is 0 Å². The number of nitrogens with zero attached hydrogens (tertiary/aromatic N) is 3. The van der Waals surface area contributed by atoms with Gasteiger partial charge in [-0.2, -0.15) is 0 Å². The molecule has 0 saturated heterocycles. The van der Waals surface area contributed by atoms with Crippen LogP contribution in [-0.4, -0.2) is 39.5 Å². The normalized spacial score (nSPS) is 11.0. The summed E-state index contributed by atoms with van der Waals surface area (Å²) in [6, 6.07) is 0. The van der Waals surface area contributed by atoms with E-state index in [2.05, 4.69) is 15.7 Å². The smallest absolute Gasteiger partial charge is 0.407 e. The van der Waals surface area contributed by atoms with Crippen LogP contribution in [0.3, 0.4) is 0 Å². The quantitative estimate of drug-likeness (QED) is 0.478. The standard InChI is InChI=1S/C11H19N5O4/c1-11(2,3)20-10(17)13-6-5-12-9-8(16(18)19)7-15(4)14-9/h7H,5-6H2,1-4H3,(H,12,14)(H,13,17). The van der Waals surface area contributed by atoms with Crippen LogP contribution in [0.25, 0.3) is 0 Å². The minimum Gasteiger partial charge on any atom is -0.444 e. The molecule has 0 spiro atoms. The maximum absolute atomic E-state index is 11.4. The molecule has 0 atom stereocenters. The number of ether oxygens (including phenoxy) is 1. The number of carbonyl (C=O) groups is 1. The van der Waals surface area contributed by atoms with E-state index in [1.54, 1.807) is 27.8 Å². The van der Waals surface area contributed by atoms with Crippen LogP contribution >= 0.6 is 0 Å². The number of hydrogen-bond acceptors (Lipinski definition) is 6. The van der Waals surface area contributed by atoms with Crippen LogP contribution in [0, 0.1) is 10.1 Å². The molecular weight excluding hydrogens is 266 g/mol. The Morgan fingerprint density at radius 2 is 2.15 bits per heavy atom. The zero-order valence-electron chi connectivity index (χ0n) is 12.0. The molecule has 0 bridgehead atoms. The van der Waals surface area contributed by atoms with Gasteiger partial charge in [0.15, 0.2) is 0 Å². The SMILES string of the molecule is Cn1cc([N+](=O)[O-])c(NCCNC(=O)OC(C)(C)C)n1. The topological polar surface area (TPSA) is 111 Å². The molecule has 0 unspecified atom stereocenters. The first-order valence-electron chi connectivity index (χ1n) is 6.08. The summed E-state index contributed by atoms with van der Waals surface area (Å²) < 4.78 is 6.40. The fraction of sp³-hybridized carbons (Fsp3) is 0.636. The lowest BCUT2D eigenvalue weighted by Gasteiger charge is -2.19. The van der Waals surface area contributed by atoms with Crippen LogP contribution in [0.15, 0.2) is 6.20 Å². The summed E-state index contributed by atoms with van der Waals surface area (Å²) in [6.07, 6.45) is 0.777. The first-order valence-corrected chi connectivity index (χ1v) is 6.08. The number of anilines is 1. The lowest BCUT2D eigenvalue weighted by molar-refractivity contribution is -0.384. The first-order chi connectivity index (χ1) is 9.19. The van der Waals surface area contributed by atoms with Crippen molar-refractivity contribution in [3.8, 4) is 0 Å². The third-order valence-corrected chi connectivity index (χ3v) is 2.09. The molecule has 112 valence electrons. The monoisotopic (exact) mass is 285 g/mol. The number of nitro groups is 1. The summed E-state index contributed by atoms with van der Waals surface area (Å²) in [5.41, 5.74) is -0.665. The Balaban J connectivity index is 2.38. The highest BCUT2D eigenvalue weighted by molar-refractivity contribution is 5.67. The lowest BCUT2D eigenvalue weighted by atomic mass is 10.2. The molecule has 2 N–H and O–H groups in total. The Bertz CT molecular complexity index is 491. The third kappa shape index (κ3) is 5.12. The Hall–Kier alpha value is -2.32. The highest BCUT2D eigenvalue weighted by Crippen LogP contribution is 2.20. The number of alkyl carbamates (subject to hydrolysis) is 1. The van der Waals surface area contributed by atoms with E-state index < -0.39 is 16.6 Å². The fourth-order valence-electron chi connectivity index (χ4n) is 1.40. The van der Waals surface area contributed by atoms with Gasteiger partial charge in [0.05, 0.1) is 4.92 Å². The van der Waals surface area contributed by atoms with E-state index in [-0.39, 0.29) is 18.1 Å². The number of carbonyl (C=O) groups excluding carboxylic acids is 1. The van der Waals surface area contributed by atoms with Gasteiger partial charge in [-0.05, 0) is 20.8 Å². The maximum Gasteiger partial charge on any atom is 0.407 e. The minimum atomic E-state index is -0.558. The van der Waals surface area contributed by atoms with Crippen molar-refractivity contribution < 1.29 is 14.5 Å². The van der Waals surface area contributed by atoms with Gasteiger partial charge < -0.3 is 15.4 Å². The molecule has 1 rings (SSSR count). The van der Waals surface area contributed by atoms with Crippen LogP contribution in [-0.2, 0) is 11.8 Å². The van der Waals surface area contributed by atoms with Crippen molar-refractivity contribution in [2.75, 3.05) is 18.4 Å². The highest BCUT2D eigenvalue weighted by Gasteiger charge is 2.18. The summed E-state index contributed by atoms with van der Waals surface area (Å²) in [4.78, 5) is 21.6. The largest absolute Gasteiger partial charge is 0.444 e. The van der Waals surface area contributed by atoms with Crippen molar-refractivity contribution in [2.24, 2.45) is 7.05 Å². The van der Waals surface area contributed by atoms with E-state index in [0.29, 0.717) is 6.54 Å². The van der Waals surface area contributed by atoms with E-state index >= 15 is 0 Å². The molecule has 0 aromatic carbocycles. The second-order valence-electron chi connectivity index (χ2n) is 5.15. The molecule has 9 nitrogen and oxygen atoms in total. The van der Waals surface area contributed by atoms with E-state index in [4.69, 9.17) is 4.74 Å². The van der Waals surface area contributed by atoms with Gasteiger partial charge >= 0.3 is 11.8 Å². The van der Waals surface area contributed by atoms with Gasteiger partial charge in [0.25, 0.3) is 0 Å². The number of rotatable bonds is 5. The summed E-state index contributed by atoms with van der Waals surface area (Å²) in [5, 5.41) is 20.0. The Morgan fingerprint density at radius 1 is 1.50 bits per heavy atom. The molecule has 0 radical (unpaired) electrons. The maximum atomic E-state index is 11.4. The zero-order chi connectivity index (χ0) is 15.3. The molecule has 1 aromatic rings. The van der Waals surface area contributed by atoms with Crippen molar-refractivity contribution in [3.63, 3.8) is 0 Å². The molecule has 0 saturated carbocycles. The molecule has 0 fully saturated rings. The van der Waals surface area contributed by atoms with Gasteiger partial charge in [-0.25, -0.2) is 4.79 Å². The molecule has 1 amide bonds. The molecule has 20 heavy (non-hydrogen) atoms. The van der Waals surface area contributed by atoms with E-state index in [9.17, 15) is 14.9 Å². The van der Waals surface area contributed by atoms with Gasteiger partial charge in [-0.15, -0.1) is 5.10 Å². The summed E-state index contributed by atoms with van der Waals surface area (Å²) >= 11 is 0. The molecule has 1 aromatic heterocycles. The Labute approximate surface area is 116 Å². The lowest BCUT2D eigenvalue weighted by Crippen LogP contribution is -2.35. The minimum absolute atomic E-state index is 0.107. The molecule has 0 aliphatic rings. The van der Waals surface area contributed by atoms with Gasteiger partial charge in [0, 0.05) is 20.1 Å². The van der Waals surface area contributed by atoms with Crippen molar-refractivity contribution in [1.29, 1.82) is 0 Å². The van der Waals surface area contributed by atoms with Crippen molar-refractivity contribution in [1.82, 2.24) is 15.1 Å². The summed E-state index contributed by atoms with van der Waals surface area (Å²) in [5.74, 6) is 0.170. The number of amides is 1. The van der Waals surface area contributed by atoms with Crippen LogP contribution in [0.5, 0.6) is 0 Å². The van der Waals surface area contributed by atoms with Crippen molar-refractivity contribution >= 4 is 17.6 Å². The number of hydrogen-bond donors (Lipinski definition) is 2. The van der Waals surface area contributed by atoms with Crippen LogP contribution in [0.1, 0.15) is 20.8 Å². The second-order valence-corrected chi connectivity index (χ2v) is 5.15. The number of nitrogens with one attached hydrogen (secondary N) is 2. The summed E-state index contributed by atoms with van der Waals surface area (Å²) in [7, 11) is 1.59. The van der Waals surface area contributed by atoms with Gasteiger partial charge in [0.1, 0.15) is 11.8 Å². The summed E-state index contributed by atoms with van der Waals surface area (Å²) in [6.45, 7) is 5.87. The third-order valence-electron chi connectivity index (χ3n) is 2.09. The van der Waals surface area contributed by atoms with Crippen molar-refractivity contribution in [3.05, 3.63) is 16.3 Å². The first kappa shape index (κ1) is 15.7. The molecule has 1 heterocycles. The predicted octanol–water partition coefficient (Wildman–Crippen LogP) is 1.26. The number of aryl methyl sites for hydroxylation is 1. The molecule has 0 aliphatic carbocycles. The van der Waals surface area contributed by atoms with Crippen molar-refractivity contribution in [2.45, 2.75) is 26.4 Å². The van der Waals surface area contributed by atoms with Gasteiger partial charge in [-0.3, -0.25) is 14.8 Å². The number of aromatic nitrogens is 2. The molecule has 9 heteroatoms. The van der Waals surface area contributed by atoms with E-state index in [1.807, 2.05) is 0 Å². The highest BCUT2D eigenvalue weighted by atomic mass is 16.6. The average molecular weight is 285 g/mol. The predicted molar refractivity (Wildman–Crippen MR) is 72.6 cm³/mol. The molecule has 0 aliphatic heterocycles. The molecular formula is C11H19N5O4. The van der Waals surface area contributed by atoms with Crippen LogP contribution < -0.4 is 10.6 Å².